The molecule has 10 nitrogen and oxygen atoms in total. The van der Waals surface area contributed by atoms with Crippen molar-refractivity contribution in [2.45, 2.75) is 18.9 Å². The molecule has 2 fully saturated rings. The van der Waals surface area contributed by atoms with Crippen LogP contribution in [0.3, 0.4) is 0 Å². The Morgan fingerprint density at radius 2 is 1.69 bits per heavy atom. The minimum absolute atomic E-state index is 0.0698. The monoisotopic (exact) mass is 431 g/mol. The molecular weight excluding hydrogens is 410 g/mol. The summed E-state index contributed by atoms with van der Waals surface area (Å²) in [6.45, 7) is 1.10. The van der Waals surface area contributed by atoms with Gasteiger partial charge in [-0.05, 0) is 53.6 Å². The molecule has 0 aliphatic carbocycles. The molecule has 5 rings (SSSR count). The van der Waals surface area contributed by atoms with E-state index in [1.165, 1.54) is 15.9 Å². The molecule has 0 spiro atoms. The molecule has 3 heterocycles. The third-order valence-corrected chi connectivity index (χ3v) is 5.91. The molecule has 3 aromatic rings. The van der Waals surface area contributed by atoms with Gasteiger partial charge in [-0.25, -0.2) is 14.4 Å². The van der Waals surface area contributed by atoms with Crippen LogP contribution in [0.15, 0.2) is 60.9 Å². The zero-order chi connectivity index (χ0) is 22.1. The number of hydrogen-bond acceptors (Lipinski definition) is 6. The van der Waals surface area contributed by atoms with Crippen LogP contribution in [0.5, 0.6) is 0 Å². The first-order valence-electron chi connectivity index (χ1n) is 10.4. The van der Waals surface area contributed by atoms with Crippen LogP contribution in [0.2, 0.25) is 0 Å². The van der Waals surface area contributed by atoms with Crippen molar-refractivity contribution in [3.8, 4) is 5.69 Å². The van der Waals surface area contributed by atoms with E-state index in [9.17, 15) is 14.4 Å². The highest BCUT2D eigenvalue weighted by Gasteiger charge is 2.41. The third kappa shape index (κ3) is 3.59. The summed E-state index contributed by atoms with van der Waals surface area (Å²) in [4.78, 5) is 43.1. The smallest absolute Gasteiger partial charge is 0.332 e. The maximum atomic E-state index is 13.0. The van der Waals surface area contributed by atoms with Gasteiger partial charge in [0.2, 0.25) is 0 Å². The fraction of sp³-hybridized carbons (Fsp3) is 0.273. The number of urea groups is 1. The van der Waals surface area contributed by atoms with Crippen molar-refractivity contribution in [3.63, 3.8) is 0 Å². The number of hydrogen-bond donors (Lipinski definition) is 0. The van der Waals surface area contributed by atoms with E-state index >= 15 is 0 Å². The van der Waals surface area contributed by atoms with Crippen LogP contribution >= 0.6 is 0 Å². The largest absolute Gasteiger partial charge is 0.338 e. The van der Waals surface area contributed by atoms with Gasteiger partial charge in [0.1, 0.15) is 12.9 Å². The lowest BCUT2D eigenvalue weighted by Crippen LogP contribution is -2.48. The van der Waals surface area contributed by atoms with Crippen molar-refractivity contribution in [1.29, 1.82) is 0 Å². The van der Waals surface area contributed by atoms with Gasteiger partial charge in [0, 0.05) is 24.7 Å². The molecule has 0 bridgehead atoms. The molecule has 0 saturated carbocycles. The number of tetrazole rings is 1. The van der Waals surface area contributed by atoms with Crippen LogP contribution in [0.1, 0.15) is 23.2 Å². The van der Waals surface area contributed by atoms with Crippen molar-refractivity contribution in [2.75, 3.05) is 24.5 Å². The van der Waals surface area contributed by atoms with Crippen molar-refractivity contribution >= 4 is 23.5 Å². The standard InChI is InChI=1S/C22H21N7O3/c30-20-14-27(22(32)29(20)18-6-2-1-3-7-18)17-9-11-26(12-10-17)21(31)16-5-4-8-19(13-16)28-15-23-24-25-28/h1-8,13,15,17H,9-12,14H2. The molecule has 162 valence electrons. The fourth-order valence-corrected chi connectivity index (χ4v) is 4.26. The van der Waals surface area contributed by atoms with E-state index in [1.807, 2.05) is 12.1 Å². The number of imide groups is 1. The molecule has 10 heteroatoms. The van der Waals surface area contributed by atoms with Gasteiger partial charge >= 0.3 is 6.03 Å². The number of rotatable bonds is 4. The Kier molecular flexibility index (Phi) is 5.10. The van der Waals surface area contributed by atoms with Gasteiger partial charge in [-0.1, -0.05) is 24.3 Å². The van der Waals surface area contributed by atoms with Crippen molar-refractivity contribution in [2.24, 2.45) is 0 Å². The number of benzene rings is 2. The first-order chi connectivity index (χ1) is 15.6. The molecule has 0 N–H and O–H groups in total. The molecule has 4 amide bonds. The molecule has 0 unspecified atom stereocenters. The summed E-state index contributed by atoms with van der Waals surface area (Å²) in [7, 11) is 0. The Hall–Kier alpha value is -4.08. The molecule has 1 aromatic heterocycles. The van der Waals surface area contributed by atoms with E-state index in [4.69, 9.17) is 0 Å². The van der Waals surface area contributed by atoms with E-state index in [0.29, 0.717) is 42.9 Å². The van der Waals surface area contributed by atoms with Gasteiger partial charge in [0.05, 0.1) is 11.4 Å². The van der Waals surface area contributed by atoms with Crippen LogP contribution in [-0.2, 0) is 4.79 Å². The average molecular weight is 431 g/mol. The van der Waals surface area contributed by atoms with E-state index in [0.717, 1.165) is 0 Å². The molecule has 32 heavy (non-hydrogen) atoms. The second kappa shape index (κ2) is 8.22. The normalized spacial score (nSPS) is 17.3. The highest BCUT2D eigenvalue weighted by atomic mass is 16.2. The number of likely N-dealkylation sites (tertiary alicyclic amines) is 1. The summed E-state index contributed by atoms with van der Waals surface area (Å²) in [5.74, 6) is -0.299. The average Bonchev–Trinajstić information content (AvgIpc) is 3.48. The number of amides is 4. The van der Waals surface area contributed by atoms with E-state index in [1.54, 1.807) is 52.3 Å². The topological polar surface area (TPSA) is 105 Å². The maximum Gasteiger partial charge on any atom is 0.332 e. The molecule has 2 aliphatic rings. The number of piperidine rings is 1. The molecule has 2 saturated heterocycles. The minimum Gasteiger partial charge on any atom is -0.338 e. The van der Waals surface area contributed by atoms with Gasteiger partial charge in [-0.3, -0.25) is 9.59 Å². The number of aromatic nitrogens is 4. The minimum atomic E-state index is -0.292. The summed E-state index contributed by atoms with van der Waals surface area (Å²) >= 11 is 0. The number of nitrogens with zero attached hydrogens (tertiary/aromatic N) is 7. The van der Waals surface area contributed by atoms with Crippen molar-refractivity contribution in [1.82, 2.24) is 30.0 Å². The van der Waals surface area contributed by atoms with E-state index in [-0.39, 0.29) is 30.4 Å². The molecule has 2 aliphatic heterocycles. The second-order valence-corrected chi connectivity index (χ2v) is 7.80. The molecular formula is C22H21N7O3. The van der Waals surface area contributed by atoms with Crippen LogP contribution in [-0.4, -0.2) is 73.5 Å². The highest BCUT2D eigenvalue weighted by molar-refractivity contribution is 6.19. The second-order valence-electron chi connectivity index (χ2n) is 7.80. The first-order valence-corrected chi connectivity index (χ1v) is 10.4. The van der Waals surface area contributed by atoms with Crippen LogP contribution in [0.25, 0.3) is 5.69 Å². The van der Waals surface area contributed by atoms with Crippen LogP contribution in [0, 0.1) is 0 Å². The summed E-state index contributed by atoms with van der Waals surface area (Å²) in [6, 6.07) is 15.7. The number of anilines is 1. The quantitative estimate of drug-likeness (QED) is 0.583. The Morgan fingerprint density at radius 3 is 2.41 bits per heavy atom. The summed E-state index contributed by atoms with van der Waals surface area (Å²) in [5, 5.41) is 11.1. The molecule has 0 radical (unpaired) electrons. The Balaban J connectivity index is 1.24. The summed E-state index contributed by atoms with van der Waals surface area (Å²) in [6.07, 6.45) is 2.72. The van der Waals surface area contributed by atoms with E-state index < -0.39 is 0 Å². The van der Waals surface area contributed by atoms with Gasteiger partial charge in [0.15, 0.2) is 0 Å². The molecule has 0 atom stereocenters. The van der Waals surface area contributed by atoms with Gasteiger partial charge in [-0.2, -0.15) is 0 Å². The van der Waals surface area contributed by atoms with E-state index in [2.05, 4.69) is 15.5 Å². The maximum absolute atomic E-state index is 13.0. The van der Waals surface area contributed by atoms with Gasteiger partial charge in [0.25, 0.3) is 11.8 Å². The number of carbonyl (C=O) groups is 3. The lowest BCUT2D eigenvalue weighted by molar-refractivity contribution is -0.116. The highest BCUT2D eigenvalue weighted by Crippen LogP contribution is 2.27. The SMILES string of the molecule is O=C(c1cccc(-n2cnnn2)c1)N1CCC(N2CC(=O)N(c3ccccc3)C2=O)CC1. The lowest BCUT2D eigenvalue weighted by Gasteiger charge is -2.36. The fourth-order valence-electron chi connectivity index (χ4n) is 4.26. The predicted octanol–water partition coefficient (Wildman–Crippen LogP) is 1.74. The third-order valence-electron chi connectivity index (χ3n) is 5.91. The zero-order valence-corrected chi connectivity index (χ0v) is 17.2. The van der Waals surface area contributed by atoms with Crippen LogP contribution < -0.4 is 4.90 Å². The van der Waals surface area contributed by atoms with Crippen molar-refractivity contribution in [3.05, 3.63) is 66.5 Å². The lowest BCUT2D eigenvalue weighted by atomic mass is 10.0. The first kappa shape index (κ1) is 19.9. The van der Waals surface area contributed by atoms with Crippen LogP contribution in [0.4, 0.5) is 10.5 Å². The zero-order valence-electron chi connectivity index (χ0n) is 17.2. The Labute approximate surface area is 184 Å². The van der Waals surface area contributed by atoms with Gasteiger partial charge in [-0.15, -0.1) is 5.10 Å². The Bertz CT molecular complexity index is 1140. The number of carbonyl (C=O) groups excluding carboxylic acids is 3. The summed E-state index contributed by atoms with van der Waals surface area (Å²) < 4.78 is 1.50. The number of para-hydroxylation sites is 1. The van der Waals surface area contributed by atoms with Crippen molar-refractivity contribution < 1.29 is 14.4 Å². The molecule has 2 aromatic carbocycles. The predicted molar refractivity (Wildman–Crippen MR) is 114 cm³/mol. The summed E-state index contributed by atoms with van der Waals surface area (Å²) in [5.41, 5.74) is 1.84. The van der Waals surface area contributed by atoms with Gasteiger partial charge < -0.3 is 9.80 Å². The Morgan fingerprint density at radius 1 is 0.938 bits per heavy atom.